The van der Waals surface area contributed by atoms with E-state index in [2.05, 4.69) is 5.32 Å². The number of nitrogens with zero attached hydrogens (tertiary/aromatic N) is 2. The largest absolute Gasteiger partial charge is 0.374 e. The number of aromatic nitrogens is 1. The Hall–Kier alpha value is -1.74. The molecule has 1 aromatic rings. The van der Waals surface area contributed by atoms with Crippen LogP contribution in [0.25, 0.3) is 0 Å². The first-order chi connectivity index (χ1) is 9.27. The fraction of sp³-hybridized carbons (Fsp3) is 0.455. The first-order valence-electron chi connectivity index (χ1n) is 5.94. The normalized spacial score (nSPS) is 20.0. The lowest BCUT2D eigenvalue weighted by molar-refractivity contribution is 0.0938. The van der Waals surface area contributed by atoms with E-state index in [1.807, 2.05) is 0 Å². The second kappa shape index (κ2) is 5.33. The number of halogens is 1. The highest BCUT2D eigenvalue weighted by molar-refractivity contribution is 7.83. The van der Waals surface area contributed by atoms with Crippen molar-refractivity contribution in [2.45, 2.75) is 12.5 Å². The molecule has 1 aromatic heterocycles. The Morgan fingerprint density at radius 3 is 2.70 bits per heavy atom. The van der Waals surface area contributed by atoms with Crippen molar-refractivity contribution in [3.63, 3.8) is 0 Å². The third kappa shape index (κ3) is 3.23. The summed E-state index contributed by atoms with van der Waals surface area (Å²) in [6.45, 7) is -0.0482. The van der Waals surface area contributed by atoms with Gasteiger partial charge in [0.05, 0.1) is 5.56 Å². The van der Waals surface area contributed by atoms with Gasteiger partial charge in [-0.05, 0) is 12.5 Å². The molecule has 2 heterocycles. The van der Waals surface area contributed by atoms with Gasteiger partial charge in [-0.3, -0.25) is 9.59 Å². The maximum Gasteiger partial charge on any atom is 0.374 e. The third-order valence-corrected chi connectivity index (χ3v) is 4.09. The predicted octanol–water partition coefficient (Wildman–Crippen LogP) is -0.596. The first-order valence-corrected chi connectivity index (χ1v) is 7.28. The van der Waals surface area contributed by atoms with Crippen LogP contribution in [0.1, 0.15) is 16.8 Å². The van der Waals surface area contributed by atoms with Crippen molar-refractivity contribution in [3.8, 4) is 0 Å². The van der Waals surface area contributed by atoms with Gasteiger partial charge in [-0.25, -0.2) is 0 Å². The van der Waals surface area contributed by atoms with Gasteiger partial charge in [0, 0.05) is 38.4 Å². The number of carbonyl (C=O) groups is 1. The smallest absolute Gasteiger partial charge is 0.348 e. The number of carbonyl (C=O) groups excluding carboxylic acids is 1. The minimum atomic E-state index is -4.71. The molecule has 0 aromatic carbocycles. The summed E-state index contributed by atoms with van der Waals surface area (Å²) in [6, 6.07) is 2.21. The van der Waals surface area contributed by atoms with Gasteiger partial charge in [0.2, 0.25) is 5.56 Å². The lowest BCUT2D eigenvalue weighted by Gasteiger charge is -2.13. The molecular formula is C11H14FN3O4S. The molecule has 2 rings (SSSR count). The van der Waals surface area contributed by atoms with E-state index < -0.39 is 22.4 Å². The second-order valence-electron chi connectivity index (χ2n) is 4.63. The van der Waals surface area contributed by atoms with E-state index in [4.69, 9.17) is 0 Å². The number of hydrogen-bond acceptors (Lipinski definition) is 4. The van der Waals surface area contributed by atoms with Crippen molar-refractivity contribution >= 4 is 16.3 Å². The minimum Gasteiger partial charge on any atom is -0.348 e. The summed E-state index contributed by atoms with van der Waals surface area (Å²) in [5, 5.41) is 2.62. The van der Waals surface area contributed by atoms with Crippen LogP contribution in [0.3, 0.4) is 0 Å². The molecule has 0 aliphatic carbocycles. The molecule has 110 valence electrons. The highest BCUT2D eigenvalue weighted by atomic mass is 32.3. The van der Waals surface area contributed by atoms with Crippen molar-refractivity contribution < 1.29 is 17.1 Å². The molecule has 1 unspecified atom stereocenters. The van der Waals surface area contributed by atoms with Crippen LogP contribution in [-0.2, 0) is 17.5 Å². The van der Waals surface area contributed by atoms with E-state index in [1.54, 1.807) is 0 Å². The summed E-state index contributed by atoms with van der Waals surface area (Å²) in [4.78, 5) is 23.1. The molecule has 1 amide bonds. The van der Waals surface area contributed by atoms with Crippen LogP contribution in [0, 0.1) is 0 Å². The van der Waals surface area contributed by atoms with Gasteiger partial charge >= 0.3 is 10.4 Å². The van der Waals surface area contributed by atoms with E-state index >= 15 is 0 Å². The Bertz CT molecular complexity index is 685. The Morgan fingerprint density at radius 2 is 2.15 bits per heavy atom. The molecule has 7 nitrogen and oxygen atoms in total. The minimum absolute atomic E-state index is 0.0387. The summed E-state index contributed by atoms with van der Waals surface area (Å²) in [5.41, 5.74) is 0.0470. The van der Waals surface area contributed by atoms with Gasteiger partial charge in [0.25, 0.3) is 5.91 Å². The molecule has 0 saturated carbocycles. The standard InChI is InChI=1S/C11H14FN3O4S/c1-14-6-8(2-3-10(14)16)11(17)13-9-4-5-15(7-9)20(12,18)19/h2-3,6,9H,4-5,7H2,1H3,(H,13,17). The van der Waals surface area contributed by atoms with Crippen molar-refractivity contribution in [1.82, 2.24) is 14.2 Å². The van der Waals surface area contributed by atoms with Gasteiger partial charge in [-0.15, -0.1) is 0 Å². The fourth-order valence-corrected chi connectivity index (χ4v) is 2.72. The number of hydrogen-bond donors (Lipinski definition) is 1. The first kappa shape index (κ1) is 14.7. The van der Waals surface area contributed by atoms with Crippen LogP contribution in [-0.4, -0.2) is 42.3 Å². The Morgan fingerprint density at radius 1 is 1.45 bits per heavy atom. The summed E-state index contributed by atoms with van der Waals surface area (Å²) < 4.78 is 36.2. The SMILES string of the molecule is Cn1cc(C(=O)NC2CCN(S(=O)(=O)F)C2)ccc1=O. The van der Waals surface area contributed by atoms with E-state index in [1.165, 1.54) is 29.9 Å². The van der Waals surface area contributed by atoms with Crippen molar-refractivity contribution in [2.24, 2.45) is 7.05 Å². The van der Waals surface area contributed by atoms with Crippen LogP contribution in [0.4, 0.5) is 3.89 Å². The zero-order valence-electron chi connectivity index (χ0n) is 10.7. The van der Waals surface area contributed by atoms with Crippen molar-refractivity contribution in [1.29, 1.82) is 0 Å². The molecule has 1 atom stereocenters. The molecule has 0 spiro atoms. The summed E-state index contributed by atoms with van der Waals surface area (Å²) in [6.07, 6.45) is 1.73. The van der Waals surface area contributed by atoms with Gasteiger partial charge < -0.3 is 9.88 Å². The predicted molar refractivity (Wildman–Crippen MR) is 69.2 cm³/mol. The molecular weight excluding hydrogens is 289 g/mol. The average molecular weight is 303 g/mol. The zero-order valence-corrected chi connectivity index (χ0v) is 11.6. The molecule has 20 heavy (non-hydrogen) atoms. The molecule has 1 fully saturated rings. The number of pyridine rings is 1. The lowest BCUT2D eigenvalue weighted by atomic mass is 10.2. The summed E-state index contributed by atoms with van der Waals surface area (Å²) in [7, 11) is -3.19. The molecule has 1 aliphatic rings. The van der Waals surface area contributed by atoms with Crippen LogP contribution in [0.2, 0.25) is 0 Å². The highest BCUT2D eigenvalue weighted by Gasteiger charge is 2.32. The maximum absolute atomic E-state index is 12.8. The Labute approximate surface area is 115 Å². The summed E-state index contributed by atoms with van der Waals surface area (Å²) >= 11 is 0. The van der Waals surface area contributed by atoms with Crippen molar-refractivity contribution in [3.05, 3.63) is 34.2 Å². The van der Waals surface area contributed by atoms with Crippen molar-refractivity contribution in [2.75, 3.05) is 13.1 Å². The number of rotatable bonds is 3. The second-order valence-corrected chi connectivity index (χ2v) is 5.97. The fourth-order valence-electron chi connectivity index (χ4n) is 2.04. The quantitative estimate of drug-likeness (QED) is 0.756. The van der Waals surface area contributed by atoms with Crippen LogP contribution in [0.5, 0.6) is 0 Å². The molecule has 1 aliphatic heterocycles. The number of nitrogens with one attached hydrogen (secondary N) is 1. The molecule has 0 radical (unpaired) electrons. The molecule has 1 saturated heterocycles. The topological polar surface area (TPSA) is 88.5 Å². The zero-order chi connectivity index (χ0) is 14.9. The van der Waals surface area contributed by atoms with E-state index in [0.29, 0.717) is 10.7 Å². The third-order valence-electron chi connectivity index (χ3n) is 3.14. The van der Waals surface area contributed by atoms with Gasteiger partial charge in [-0.1, -0.05) is 3.89 Å². The maximum atomic E-state index is 12.8. The van der Waals surface area contributed by atoms with Gasteiger partial charge in [0.15, 0.2) is 0 Å². The van der Waals surface area contributed by atoms with E-state index in [9.17, 15) is 21.9 Å². The highest BCUT2D eigenvalue weighted by Crippen LogP contribution is 2.15. The Kier molecular flexibility index (Phi) is 3.91. The van der Waals surface area contributed by atoms with E-state index in [-0.39, 0.29) is 24.2 Å². The van der Waals surface area contributed by atoms with Gasteiger partial charge in [-0.2, -0.15) is 12.7 Å². The van der Waals surface area contributed by atoms with Crippen LogP contribution in [0.15, 0.2) is 23.1 Å². The van der Waals surface area contributed by atoms with Gasteiger partial charge in [0.1, 0.15) is 0 Å². The number of aryl methyl sites for hydroxylation is 1. The molecule has 0 bridgehead atoms. The number of amides is 1. The Balaban J connectivity index is 2.02. The lowest BCUT2D eigenvalue weighted by Crippen LogP contribution is -2.38. The summed E-state index contributed by atoms with van der Waals surface area (Å²) in [5.74, 6) is -0.427. The monoisotopic (exact) mass is 303 g/mol. The molecule has 1 N–H and O–H groups in total. The van der Waals surface area contributed by atoms with Crippen LogP contribution >= 0.6 is 0 Å². The average Bonchev–Trinajstić information content (AvgIpc) is 2.81. The molecule has 9 heteroatoms. The van der Waals surface area contributed by atoms with E-state index in [0.717, 1.165) is 0 Å². The van der Waals surface area contributed by atoms with Crippen LogP contribution < -0.4 is 10.9 Å².